The fraction of sp³-hybridized carbons (Fsp3) is 0.538. The Balaban J connectivity index is 2.50. The molecule has 0 atom stereocenters. The molecule has 0 unspecified atom stereocenters. The average Bonchev–Trinajstić information content (AvgIpc) is 2.35. The second-order valence-corrected chi connectivity index (χ2v) is 5.46. The van der Waals surface area contributed by atoms with Crippen LogP contribution in [0.4, 0.5) is 0 Å². The summed E-state index contributed by atoms with van der Waals surface area (Å²) in [6.07, 6.45) is 3.31. The zero-order chi connectivity index (χ0) is 13.6. The molecule has 0 aliphatic rings. The smallest absolute Gasteiger partial charge is 0.252 e. The summed E-state index contributed by atoms with van der Waals surface area (Å²) >= 11 is 5.66. The molecule has 100 valence electrons. The van der Waals surface area contributed by atoms with Gasteiger partial charge in [-0.25, -0.2) is 0 Å². The Hall–Kier alpha value is -1.29. The van der Waals surface area contributed by atoms with Crippen LogP contribution in [-0.4, -0.2) is 23.3 Å². The average molecular weight is 271 g/mol. The number of hydrogen-bond donors (Lipinski definition) is 2. The van der Waals surface area contributed by atoms with Gasteiger partial charge in [0.05, 0.1) is 5.56 Å². The first-order valence-electron chi connectivity index (χ1n) is 5.97. The van der Waals surface area contributed by atoms with Gasteiger partial charge in [-0.1, -0.05) is 13.8 Å². The van der Waals surface area contributed by atoms with E-state index in [0.717, 1.165) is 12.8 Å². The number of pyridine rings is 1. The van der Waals surface area contributed by atoms with E-state index in [1.54, 1.807) is 0 Å². The molecule has 0 aliphatic carbocycles. The summed E-state index contributed by atoms with van der Waals surface area (Å²) in [5.41, 5.74) is 0.268. The number of amides is 1. The van der Waals surface area contributed by atoms with Gasteiger partial charge in [-0.15, -0.1) is 11.6 Å². The van der Waals surface area contributed by atoms with Gasteiger partial charge < -0.3 is 10.3 Å². The maximum absolute atomic E-state index is 11.8. The number of nitrogens with one attached hydrogen (secondary N) is 2. The van der Waals surface area contributed by atoms with E-state index in [1.807, 2.05) is 0 Å². The van der Waals surface area contributed by atoms with Crippen LogP contribution in [0, 0.1) is 5.41 Å². The van der Waals surface area contributed by atoms with Gasteiger partial charge in [-0.2, -0.15) is 0 Å². The summed E-state index contributed by atoms with van der Waals surface area (Å²) in [7, 11) is 0. The molecule has 1 aromatic heterocycles. The van der Waals surface area contributed by atoms with Crippen LogP contribution in [0.15, 0.2) is 23.1 Å². The zero-order valence-corrected chi connectivity index (χ0v) is 11.5. The Morgan fingerprint density at radius 1 is 1.44 bits per heavy atom. The molecule has 0 aliphatic heterocycles. The molecule has 4 nitrogen and oxygen atoms in total. The molecular weight excluding hydrogens is 252 g/mol. The lowest BCUT2D eigenvalue weighted by Gasteiger charge is -2.24. The Labute approximate surface area is 112 Å². The van der Waals surface area contributed by atoms with Gasteiger partial charge in [0.15, 0.2) is 0 Å². The summed E-state index contributed by atoms with van der Waals surface area (Å²) in [5, 5.41) is 2.86. The maximum Gasteiger partial charge on any atom is 0.252 e. The first-order chi connectivity index (χ1) is 8.44. The summed E-state index contributed by atoms with van der Waals surface area (Å²) in [6.45, 7) is 4.77. The molecule has 1 amide bonds. The van der Waals surface area contributed by atoms with Crippen molar-refractivity contribution in [2.45, 2.75) is 26.7 Å². The highest BCUT2D eigenvalue weighted by Crippen LogP contribution is 2.21. The van der Waals surface area contributed by atoms with E-state index in [-0.39, 0.29) is 16.9 Å². The van der Waals surface area contributed by atoms with Crippen molar-refractivity contribution in [2.75, 3.05) is 12.4 Å². The van der Waals surface area contributed by atoms with E-state index in [1.165, 1.54) is 18.3 Å². The first kappa shape index (κ1) is 14.8. The Morgan fingerprint density at radius 3 is 2.72 bits per heavy atom. The Bertz CT molecular complexity index is 434. The number of carbonyl (C=O) groups is 1. The number of rotatable bonds is 6. The quantitative estimate of drug-likeness (QED) is 0.778. The molecule has 1 heterocycles. The molecule has 2 N–H and O–H groups in total. The molecule has 0 fully saturated rings. The van der Waals surface area contributed by atoms with Crippen LogP contribution in [0.2, 0.25) is 0 Å². The van der Waals surface area contributed by atoms with Gasteiger partial charge in [0.25, 0.3) is 5.91 Å². The third-order valence-corrected chi connectivity index (χ3v) is 3.03. The molecular formula is C13H19ClN2O2. The fourth-order valence-corrected chi connectivity index (χ4v) is 1.74. The lowest BCUT2D eigenvalue weighted by Crippen LogP contribution is -2.34. The van der Waals surface area contributed by atoms with Crippen molar-refractivity contribution in [2.24, 2.45) is 5.41 Å². The molecule has 0 radical (unpaired) electrons. The van der Waals surface area contributed by atoms with Crippen LogP contribution >= 0.6 is 11.6 Å². The molecule has 0 bridgehead atoms. The number of hydrogen-bond acceptors (Lipinski definition) is 2. The van der Waals surface area contributed by atoms with Crippen molar-refractivity contribution in [3.05, 3.63) is 34.2 Å². The van der Waals surface area contributed by atoms with E-state index >= 15 is 0 Å². The number of alkyl halides is 1. The molecule has 1 rings (SSSR count). The van der Waals surface area contributed by atoms with Crippen molar-refractivity contribution in [1.29, 1.82) is 0 Å². The molecule has 0 saturated carbocycles. The third-order valence-electron chi connectivity index (χ3n) is 2.76. The van der Waals surface area contributed by atoms with Crippen LogP contribution in [-0.2, 0) is 0 Å². The van der Waals surface area contributed by atoms with Crippen molar-refractivity contribution >= 4 is 17.5 Å². The lowest BCUT2D eigenvalue weighted by molar-refractivity contribution is 0.0934. The molecule has 1 aromatic rings. The zero-order valence-electron chi connectivity index (χ0n) is 10.8. The molecule has 0 aromatic carbocycles. The van der Waals surface area contributed by atoms with Gasteiger partial charge in [-0.05, 0) is 24.3 Å². The fourth-order valence-electron chi connectivity index (χ4n) is 1.61. The standard InChI is InChI=1S/C13H19ClN2O2/c1-13(2,6-3-7-14)9-16-12(18)10-4-5-11(17)15-8-10/h4-5,8H,3,6-7,9H2,1-2H3,(H,15,17)(H,16,18). The normalized spacial score (nSPS) is 11.3. The van der Waals surface area contributed by atoms with E-state index in [9.17, 15) is 9.59 Å². The minimum atomic E-state index is -0.214. The molecule has 18 heavy (non-hydrogen) atoms. The molecule has 0 spiro atoms. The topological polar surface area (TPSA) is 62.0 Å². The lowest BCUT2D eigenvalue weighted by atomic mass is 9.88. The van der Waals surface area contributed by atoms with E-state index < -0.39 is 0 Å². The van der Waals surface area contributed by atoms with E-state index in [0.29, 0.717) is 18.0 Å². The minimum absolute atomic E-state index is 0.0206. The summed E-state index contributed by atoms with van der Waals surface area (Å²) < 4.78 is 0. The van der Waals surface area contributed by atoms with Gasteiger partial charge in [0.1, 0.15) is 0 Å². The number of aromatic nitrogens is 1. The van der Waals surface area contributed by atoms with Crippen LogP contribution in [0.5, 0.6) is 0 Å². The van der Waals surface area contributed by atoms with Gasteiger partial charge in [0.2, 0.25) is 5.56 Å². The predicted octanol–water partition coefficient (Wildman–Crippen LogP) is 2.15. The van der Waals surface area contributed by atoms with E-state index in [4.69, 9.17) is 11.6 Å². The highest BCUT2D eigenvalue weighted by Gasteiger charge is 2.18. The second-order valence-electron chi connectivity index (χ2n) is 5.08. The summed E-state index contributed by atoms with van der Waals surface area (Å²) in [5.74, 6) is 0.460. The first-order valence-corrected chi connectivity index (χ1v) is 6.51. The van der Waals surface area contributed by atoms with Crippen molar-refractivity contribution in [3.8, 4) is 0 Å². The van der Waals surface area contributed by atoms with Crippen molar-refractivity contribution < 1.29 is 4.79 Å². The third kappa shape index (κ3) is 4.92. The molecule has 0 saturated heterocycles. The minimum Gasteiger partial charge on any atom is -0.351 e. The number of carbonyl (C=O) groups excluding carboxylic acids is 1. The highest BCUT2D eigenvalue weighted by atomic mass is 35.5. The number of halogens is 1. The SMILES string of the molecule is CC(C)(CCCCl)CNC(=O)c1ccc(=O)[nH]c1. The maximum atomic E-state index is 11.8. The highest BCUT2D eigenvalue weighted by molar-refractivity contribution is 6.17. The van der Waals surface area contributed by atoms with Gasteiger partial charge in [-0.3, -0.25) is 9.59 Å². The van der Waals surface area contributed by atoms with Crippen LogP contribution in [0.1, 0.15) is 37.0 Å². The predicted molar refractivity (Wildman–Crippen MR) is 73.1 cm³/mol. The Kier molecular flexibility index (Phi) is 5.41. The Morgan fingerprint density at radius 2 is 2.17 bits per heavy atom. The molecule has 5 heteroatoms. The number of H-pyrrole nitrogens is 1. The van der Waals surface area contributed by atoms with Crippen LogP contribution in [0.25, 0.3) is 0 Å². The summed E-state index contributed by atoms with van der Waals surface area (Å²) in [6, 6.07) is 2.85. The largest absolute Gasteiger partial charge is 0.351 e. The second kappa shape index (κ2) is 6.59. The van der Waals surface area contributed by atoms with Gasteiger partial charge in [0, 0.05) is 24.7 Å². The van der Waals surface area contributed by atoms with Gasteiger partial charge >= 0.3 is 0 Å². The van der Waals surface area contributed by atoms with Crippen molar-refractivity contribution in [1.82, 2.24) is 10.3 Å². The number of aromatic amines is 1. The monoisotopic (exact) mass is 270 g/mol. The summed E-state index contributed by atoms with van der Waals surface area (Å²) in [4.78, 5) is 25.2. The van der Waals surface area contributed by atoms with Crippen LogP contribution in [0.3, 0.4) is 0 Å². The van der Waals surface area contributed by atoms with Crippen LogP contribution < -0.4 is 10.9 Å². The van der Waals surface area contributed by atoms with E-state index in [2.05, 4.69) is 24.1 Å². The van der Waals surface area contributed by atoms with Crippen molar-refractivity contribution in [3.63, 3.8) is 0 Å².